The summed E-state index contributed by atoms with van der Waals surface area (Å²) in [5.41, 5.74) is 1.28. The molecule has 0 aromatic carbocycles. The summed E-state index contributed by atoms with van der Waals surface area (Å²) in [5.74, 6) is -2.53. The van der Waals surface area contributed by atoms with E-state index in [1.54, 1.807) is 19.9 Å². The van der Waals surface area contributed by atoms with Gasteiger partial charge in [0, 0.05) is 12.8 Å². The lowest BCUT2D eigenvalue weighted by Gasteiger charge is -2.30. The van der Waals surface area contributed by atoms with Gasteiger partial charge >= 0.3 is 11.9 Å². The third kappa shape index (κ3) is 8.31. The van der Waals surface area contributed by atoms with Crippen LogP contribution in [0.4, 0.5) is 0 Å². The predicted octanol–water partition coefficient (Wildman–Crippen LogP) is 1.76. The van der Waals surface area contributed by atoms with Crippen molar-refractivity contribution in [2.75, 3.05) is 6.61 Å². The van der Waals surface area contributed by atoms with E-state index in [9.17, 15) is 29.7 Å². The lowest BCUT2D eigenvalue weighted by atomic mass is 9.97. The number of hydrogen-bond donors (Lipinski definition) is 3. The zero-order valence-corrected chi connectivity index (χ0v) is 22.3. The predicted molar refractivity (Wildman–Crippen MR) is 133 cm³/mol. The van der Waals surface area contributed by atoms with Crippen molar-refractivity contribution in [3.63, 3.8) is 0 Å². The average Bonchev–Trinajstić information content (AvgIpc) is 3.12. The average molecular weight is 525 g/mol. The number of aliphatic hydroxyl groups is 3. The third-order valence-corrected chi connectivity index (χ3v) is 6.41. The summed E-state index contributed by atoms with van der Waals surface area (Å²) in [6.07, 6.45) is -2.26. The number of ether oxygens (including phenoxy) is 4. The second-order valence-electron chi connectivity index (χ2n) is 9.96. The summed E-state index contributed by atoms with van der Waals surface area (Å²) in [6, 6.07) is 0. The fourth-order valence-corrected chi connectivity index (χ4v) is 3.91. The van der Waals surface area contributed by atoms with Crippen LogP contribution < -0.4 is 0 Å². The SMILES string of the molecule is C/C=C(/C)[C@H]1C/C=C(\C)[C@@H](O[C@H]2O[C@H](CO)[C@@H](O)[C@@H]2O)[C@H](OC(=O)CC(C)C)C(=O)C=C[C@H](C)C(=O)O1. The first-order valence-electron chi connectivity index (χ1n) is 12.6. The molecule has 2 aliphatic rings. The van der Waals surface area contributed by atoms with Crippen LogP contribution in [0.5, 0.6) is 0 Å². The van der Waals surface area contributed by atoms with E-state index >= 15 is 0 Å². The molecule has 0 saturated carbocycles. The third-order valence-electron chi connectivity index (χ3n) is 6.41. The molecular formula is C27H40O10. The van der Waals surface area contributed by atoms with Gasteiger partial charge in [-0.05, 0) is 50.8 Å². The van der Waals surface area contributed by atoms with Gasteiger partial charge in [-0.3, -0.25) is 14.4 Å². The maximum absolute atomic E-state index is 13.3. The second-order valence-corrected chi connectivity index (χ2v) is 9.96. The van der Waals surface area contributed by atoms with Gasteiger partial charge in [0.25, 0.3) is 0 Å². The number of allylic oxidation sites excluding steroid dienone is 1. The topological polar surface area (TPSA) is 149 Å². The van der Waals surface area contributed by atoms with Crippen molar-refractivity contribution in [3.05, 3.63) is 35.5 Å². The number of cyclic esters (lactones) is 1. The van der Waals surface area contributed by atoms with E-state index in [1.165, 1.54) is 6.08 Å². The number of carbonyl (C=O) groups excluding carboxylic acids is 3. The highest BCUT2D eigenvalue weighted by Gasteiger charge is 2.46. The molecule has 8 atom stereocenters. The van der Waals surface area contributed by atoms with Gasteiger partial charge in [0.05, 0.1) is 12.5 Å². The normalized spacial score (nSPS) is 35.4. The molecule has 10 nitrogen and oxygen atoms in total. The van der Waals surface area contributed by atoms with Crippen molar-refractivity contribution in [1.82, 2.24) is 0 Å². The van der Waals surface area contributed by atoms with Gasteiger partial charge in [-0.2, -0.15) is 0 Å². The smallest absolute Gasteiger partial charge is 0.313 e. The maximum atomic E-state index is 13.3. The Kier molecular flexibility index (Phi) is 11.6. The lowest BCUT2D eigenvalue weighted by Crippen LogP contribution is -2.45. The molecule has 0 unspecified atom stereocenters. The number of ketones is 1. The Bertz CT molecular complexity index is 905. The molecule has 0 bridgehead atoms. The molecule has 2 rings (SSSR count). The van der Waals surface area contributed by atoms with Gasteiger partial charge in [0.2, 0.25) is 0 Å². The first kappa shape index (κ1) is 30.9. The maximum Gasteiger partial charge on any atom is 0.313 e. The molecule has 0 amide bonds. The monoisotopic (exact) mass is 524 g/mol. The minimum Gasteiger partial charge on any atom is -0.457 e. The first-order chi connectivity index (χ1) is 17.4. The molecule has 0 aliphatic carbocycles. The highest BCUT2D eigenvalue weighted by molar-refractivity contribution is 5.96. The van der Waals surface area contributed by atoms with Crippen LogP contribution in [0.2, 0.25) is 0 Å². The van der Waals surface area contributed by atoms with Gasteiger partial charge in [0.15, 0.2) is 18.2 Å². The molecular weight excluding hydrogens is 484 g/mol. The summed E-state index contributed by atoms with van der Waals surface area (Å²) in [4.78, 5) is 38.5. The van der Waals surface area contributed by atoms with Crippen molar-refractivity contribution in [3.8, 4) is 0 Å². The van der Waals surface area contributed by atoms with Crippen molar-refractivity contribution in [2.45, 2.75) is 97.3 Å². The molecule has 2 aliphatic heterocycles. The molecule has 0 radical (unpaired) electrons. The summed E-state index contributed by atoms with van der Waals surface area (Å²) in [5, 5.41) is 30.1. The standard InChI is InChI=1S/C27H40O10/c1-7-15(4)19-11-9-16(5)24(37-27-23(32)22(31)20(13-28)35-27)25(36-21(30)12-14(2)3)18(29)10-8-17(6)26(33)34-19/h7-10,14,17,19-20,22-25,27-28,31-32H,11-13H2,1-6H3/b10-8?,15-7-,16-9+/t17-,19+,20+,22+,23-,24+,25+,27+/m0/s1. The van der Waals surface area contributed by atoms with E-state index in [4.69, 9.17) is 18.9 Å². The van der Waals surface area contributed by atoms with Gasteiger partial charge < -0.3 is 34.3 Å². The van der Waals surface area contributed by atoms with Crippen molar-refractivity contribution >= 4 is 17.7 Å². The van der Waals surface area contributed by atoms with Crippen LogP contribution in [0.15, 0.2) is 35.5 Å². The molecule has 10 heteroatoms. The van der Waals surface area contributed by atoms with Crippen molar-refractivity contribution < 1.29 is 48.7 Å². The summed E-state index contributed by atoms with van der Waals surface area (Å²) >= 11 is 0. The molecule has 0 aromatic rings. The van der Waals surface area contributed by atoms with E-state index < -0.39 is 73.2 Å². The summed E-state index contributed by atoms with van der Waals surface area (Å²) in [7, 11) is 0. The van der Waals surface area contributed by atoms with Crippen LogP contribution in [0.25, 0.3) is 0 Å². The van der Waals surface area contributed by atoms with Crippen LogP contribution in [0.1, 0.15) is 54.4 Å². The lowest BCUT2D eigenvalue weighted by molar-refractivity contribution is -0.208. The minimum absolute atomic E-state index is 0.0276. The van der Waals surface area contributed by atoms with Crippen molar-refractivity contribution in [1.29, 1.82) is 0 Å². The molecule has 1 saturated heterocycles. The number of aliphatic hydroxyl groups excluding tert-OH is 3. The summed E-state index contributed by atoms with van der Waals surface area (Å²) < 4.78 is 22.7. The van der Waals surface area contributed by atoms with Crippen LogP contribution in [0.3, 0.4) is 0 Å². The van der Waals surface area contributed by atoms with E-state index in [-0.39, 0.29) is 18.8 Å². The quantitative estimate of drug-likeness (QED) is 0.332. The minimum atomic E-state index is -1.51. The number of rotatable bonds is 7. The molecule has 3 N–H and O–H groups in total. The molecule has 1 fully saturated rings. The van der Waals surface area contributed by atoms with Gasteiger partial charge in [-0.15, -0.1) is 0 Å². The Balaban J connectivity index is 2.53. The molecule has 208 valence electrons. The molecule has 2 heterocycles. The number of esters is 2. The van der Waals surface area contributed by atoms with E-state index in [0.717, 1.165) is 11.6 Å². The zero-order valence-electron chi connectivity index (χ0n) is 22.3. The highest BCUT2D eigenvalue weighted by atomic mass is 16.7. The highest BCUT2D eigenvalue weighted by Crippen LogP contribution is 2.28. The Morgan fingerprint density at radius 3 is 2.46 bits per heavy atom. The van der Waals surface area contributed by atoms with E-state index in [0.29, 0.717) is 5.57 Å². The van der Waals surface area contributed by atoms with Crippen molar-refractivity contribution in [2.24, 2.45) is 11.8 Å². The van der Waals surface area contributed by atoms with Gasteiger partial charge in [0.1, 0.15) is 30.5 Å². The van der Waals surface area contributed by atoms with Crippen LogP contribution in [-0.4, -0.2) is 82.6 Å². The van der Waals surface area contributed by atoms with Crippen LogP contribution >= 0.6 is 0 Å². The molecule has 0 spiro atoms. The Labute approximate surface area is 217 Å². The summed E-state index contributed by atoms with van der Waals surface area (Å²) in [6.45, 7) is 10.0. The largest absolute Gasteiger partial charge is 0.457 e. The first-order valence-corrected chi connectivity index (χ1v) is 12.6. The molecule has 37 heavy (non-hydrogen) atoms. The molecule has 0 aromatic heterocycles. The fraction of sp³-hybridized carbons (Fsp3) is 0.667. The Hall–Kier alpha value is -2.37. The van der Waals surface area contributed by atoms with Gasteiger partial charge in [-0.1, -0.05) is 32.1 Å². The van der Waals surface area contributed by atoms with Crippen LogP contribution in [-0.2, 0) is 33.3 Å². The Morgan fingerprint density at radius 1 is 1.22 bits per heavy atom. The number of hydrogen-bond acceptors (Lipinski definition) is 10. The van der Waals surface area contributed by atoms with E-state index in [2.05, 4.69) is 0 Å². The van der Waals surface area contributed by atoms with Gasteiger partial charge in [-0.25, -0.2) is 0 Å². The van der Waals surface area contributed by atoms with Crippen LogP contribution in [0, 0.1) is 11.8 Å². The Morgan fingerprint density at radius 2 is 1.89 bits per heavy atom. The zero-order chi connectivity index (χ0) is 27.9. The number of carbonyl (C=O) groups is 3. The van der Waals surface area contributed by atoms with E-state index in [1.807, 2.05) is 33.8 Å². The second kappa shape index (κ2) is 14.0. The fourth-order valence-electron chi connectivity index (χ4n) is 3.91.